The lowest BCUT2D eigenvalue weighted by Gasteiger charge is -2.28. The van der Waals surface area contributed by atoms with E-state index in [0.29, 0.717) is 44.6 Å². The van der Waals surface area contributed by atoms with E-state index in [1.165, 1.54) is 16.9 Å². The first-order chi connectivity index (χ1) is 20.3. The summed E-state index contributed by atoms with van der Waals surface area (Å²) in [4.78, 5) is 56.6. The number of amides is 4. The van der Waals surface area contributed by atoms with E-state index in [1.807, 2.05) is 33.8 Å². The van der Waals surface area contributed by atoms with Crippen molar-refractivity contribution < 1.29 is 19.2 Å². The first kappa shape index (κ1) is 36.1. The monoisotopic (exact) mass is 617 g/mol. The molecule has 0 fully saturated rings. The number of carbonyl (C=O) groups excluding carboxylic acids is 4. The summed E-state index contributed by atoms with van der Waals surface area (Å²) in [6.07, 6.45) is 2.78. The summed E-state index contributed by atoms with van der Waals surface area (Å²) < 4.78 is 1.04. The highest BCUT2D eigenvalue weighted by Gasteiger charge is 2.32. The SMILES string of the molecule is CC[C@H](C)[C@H](NC(=O)[C@@H](N)Cc1nc2ccc(C(C)C)cc2s1)C(=O)N[C@@H](CCCCN)C(=O)N[C@@H](CC(C)C)C(N)=O. The molecule has 2 rings (SSSR count). The Morgan fingerprint density at radius 2 is 1.60 bits per heavy atom. The van der Waals surface area contributed by atoms with Crippen molar-refractivity contribution in [3.8, 4) is 0 Å². The van der Waals surface area contributed by atoms with Gasteiger partial charge in [-0.25, -0.2) is 4.98 Å². The minimum absolute atomic E-state index is 0.123. The van der Waals surface area contributed by atoms with Gasteiger partial charge in [-0.3, -0.25) is 19.2 Å². The molecule has 4 amide bonds. The van der Waals surface area contributed by atoms with Crippen molar-refractivity contribution in [1.82, 2.24) is 20.9 Å². The van der Waals surface area contributed by atoms with Crippen LogP contribution in [-0.2, 0) is 25.6 Å². The first-order valence-electron chi connectivity index (χ1n) is 15.3. The molecule has 0 radical (unpaired) electrons. The van der Waals surface area contributed by atoms with Crippen LogP contribution in [0.5, 0.6) is 0 Å². The van der Waals surface area contributed by atoms with Crippen LogP contribution in [0.25, 0.3) is 10.2 Å². The molecule has 0 spiro atoms. The molecule has 0 aliphatic rings. The van der Waals surface area contributed by atoms with Gasteiger partial charge in [0.25, 0.3) is 0 Å². The summed E-state index contributed by atoms with van der Waals surface area (Å²) >= 11 is 1.51. The molecule has 1 heterocycles. The molecule has 240 valence electrons. The molecule has 1 aromatic heterocycles. The Balaban J connectivity index is 2.15. The van der Waals surface area contributed by atoms with Gasteiger partial charge in [0, 0.05) is 6.42 Å². The largest absolute Gasteiger partial charge is 0.368 e. The topological polar surface area (TPSA) is 195 Å². The molecule has 0 saturated carbocycles. The van der Waals surface area contributed by atoms with Gasteiger partial charge >= 0.3 is 0 Å². The Hall–Kier alpha value is -3.09. The number of nitrogens with zero attached hydrogens (tertiary/aromatic N) is 1. The zero-order valence-electron chi connectivity index (χ0n) is 26.4. The Kier molecular flexibility index (Phi) is 14.5. The standard InChI is InChI=1S/C31H51N7O4S/c1-7-19(6)27(31(42)36-23(10-8-9-13-32)30(41)37-24(28(34)39)14-17(2)3)38-29(40)21(33)16-26-35-22-12-11-20(18(4)5)15-25(22)43-26/h11-12,15,17-19,21,23-24,27H,7-10,13-14,16,32-33H2,1-6H3,(H2,34,39)(H,36,42)(H,37,41)(H,38,40)/t19-,21-,23-,24-,27-/m0/s1. The molecule has 0 aliphatic heterocycles. The quantitative estimate of drug-likeness (QED) is 0.138. The number of rotatable bonds is 18. The number of hydrogen-bond donors (Lipinski definition) is 6. The Labute approximate surface area is 259 Å². The number of fused-ring (bicyclic) bond motifs is 1. The van der Waals surface area contributed by atoms with Gasteiger partial charge in [0.15, 0.2) is 0 Å². The number of hydrogen-bond acceptors (Lipinski definition) is 8. The van der Waals surface area contributed by atoms with Crippen molar-refractivity contribution in [3.63, 3.8) is 0 Å². The fourth-order valence-corrected chi connectivity index (χ4v) is 5.77. The molecule has 5 atom stereocenters. The summed E-state index contributed by atoms with van der Waals surface area (Å²) in [6.45, 7) is 12.3. The number of benzene rings is 1. The highest BCUT2D eigenvalue weighted by Crippen LogP contribution is 2.27. The fourth-order valence-electron chi connectivity index (χ4n) is 4.69. The van der Waals surface area contributed by atoms with Crippen molar-refractivity contribution in [2.24, 2.45) is 29.0 Å². The maximum Gasteiger partial charge on any atom is 0.243 e. The normalized spacial score (nSPS) is 15.1. The van der Waals surface area contributed by atoms with Gasteiger partial charge in [-0.15, -0.1) is 11.3 Å². The van der Waals surface area contributed by atoms with Crippen molar-refractivity contribution in [2.45, 2.75) is 110 Å². The molecule has 1 aromatic carbocycles. The lowest BCUT2D eigenvalue weighted by molar-refractivity contribution is -0.134. The first-order valence-corrected chi connectivity index (χ1v) is 16.1. The van der Waals surface area contributed by atoms with Crippen LogP contribution in [-0.4, -0.2) is 59.3 Å². The molecule has 9 N–H and O–H groups in total. The highest BCUT2D eigenvalue weighted by molar-refractivity contribution is 7.18. The third-order valence-electron chi connectivity index (χ3n) is 7.59. The molecule has 0 unspecified atom stereocenters. The van der Waals surface area contributed by atoms with Crippen molar-refractivity contribution >= 4 is 45.2 Å². The average molecular weight is 618 g/mol. The number of nitrogens with one attached hydrogen (secondary N) is 3. The second-order valence-corrected chi connectivity index (χ2v) is 13.2. The fraction of sp³-hybridized carbons (Fsp3) is 0.645. The zero-order chi connectivity index (χ0) is 32.3. The van der Waals surface area contributed by atoms with E-state index >= 15 is 0 Å². The second kappa shape index (κ2) is 17.3. The molecule has 11 nitrogen and oxygen atoms in total. The third kappa shape index (κ3) is 11.2. The van der Waals surface area contributed by atoms with Gasteiger partial charge in [-0.1, -0.05) is 54.0 Å². The molecule has 0 saturated heterocycles. The Morgan fingerprint density at radius 1 is 0.930 bits per heavy atom. The lowest BCUT2D eigenvalue weighted by Crippen LogP contribution is -2.59. The maximum absolute atomic E-state index is 13.5. The van der Waals surface area contributed by atoms with E-state index in [0.717, 1.165) is 15.2 Å². The number of nitrogens with two attached hydrogens (primary N) is 3. The van der Waals surface area contributed by atoms with E-state index in [9.17, 15) is 19.2 Å². The summed E-state index contributed by atoms with van der Waals surface area (Å²) in [5.41, 5.74) is 19.5. The van der Waals surface area contributed by atoms with E-state index in [-0.39, 0.29) is 18.3 Å². The minimum atomic E-state index is -0.927. The zero-order valence-corrected chi connectivity index (χ0v) is 27.3. The minimum Gasteiger partial charge on any atom is -0.368 e. The number of carbonyl (C=O) groups is 4. The summed E-state index contributed by atoms with van der Waals surface area (Å²) in [7, 11) is 0. The predicted octanol–water partition coefficient (Wildman–Crippen LogP) is 2.45. The van der Waals surface area contributed by atoms with Gasteiger partial charge in [0.1, 0.15) is 18.1 Å². The molecule has 12 heteroatoms. The lowest BCUT2D eigenvalue weighted by atomic mass is 9.96. The van der Waals surface area contributed by atoms with Gasteiger partial charge in [-0.05, 0) is 67.7 Å². The Morgan fingerprint density at radius 3 is 2.19 bits per heavy atom. The smallest absolute Gasteiger partial charge is 0.243 e. The van der Waals surface area contributed by atoms with Crippen LogP contribution < -0.4 is 33.2 Å². The number of primary amides is 1. The highest BCUT2D eigenvalue weighted by atomic mass is 32.1. The van der Waals surface area contributed by atoms with E-state index in [4.69, 9.17) is 17.2 Å². The number of thiazole rings is 1. The Bertz CT molecular complexity index is 1230. The van der Waals surface area contributed by atoms with Crippen LogP contribution in [0.3, 0.4) is 0 Å². The maximum atomic E-state index is 13.5. The van der Waals surface area contributed by atoms with Crippen LogP contribution in [0.2, 0.25) is 0 Å². The van der Waals surface area contributed by atoms with Crippen LogP contribution in [0.1, 0.15) is 90.1 Å². The molecule has 43 heavy (non-hydrogen) atoms. The van der Waals surface area contributed by atoms with E-state index < -0.39 is 47.8 Å². The van der Waals surface area contributed by atoms with Gasteiger partial charge in [0.2, 0.25) is 23.6 Å². The molecule has 2 aromatic rings. The van der Waals surface area contributed by atoms with Crippen molar-refractivity contribution in [1.29, 1.82) is 0 Å². The second-order valence-electron chi connectivity index (χ2n) is 12.1. The third-order valence-corrected chi connectivity index (χ3v) is 8.64. The van der Waals surface area contributed by atoms with Crippen LogP contribution in [0.4, 0.5) is 0 Å². The van der Waals surface area contributed by atoms with Crippen LogP contribution in [0, 0.1) is 11.8 Å². The van der Waals surface area contributed by atoms with Crippen LogP contribution >= 0.6 is 11.3 Å². The van der Waals surface area contributed by atoms with Crippen molar-refractivity contribution in [3.05, 3.63) is 28.8 Å². The summed E-state index contributed by atoms with van der Waals surface area (Å²) in [6, 6.07) is 2.53. The number of aromatic nitrogens is 1. The van der Waals surface area contributed by atoms with E-state index in [2.05, 4.69) is 46.9 Å². The average Bonchev–Trinajstić information content (AvgIpc) is 3.35. The molecular weight excluding hydrogens is 566 g/mol. The van der Waals surface area contributed by atoms with E-state index in [1.54, 1.807) is 0 Å². The van der Waals surface area contributed by atoms with Gasteiger partial charge in [0.05, 0.1) is 21.3 Å². The molecular formula is C31H51N7O4S. The predicted molar refractivity (Wildman–Crippen MR) is 172 cm³/mol. The summed E-state index contributed by atoms with van der Waals surface area (Å²) in [5, 5.41) is 9.06. The van der Waals surface area contributed by atoms with Gasteiger partial charge < -0.3 is 33.2 Å². The summed E-state index contributed by atoms with van der Waals surface area (Å²) in [5.74, 6) is -1.83. The number of unbranched alkanes of at least 4 members (excludes halogenated alkanes) is 1. The van der Waals surface area contributed by atoms with Gasteiger partial charge in [-0.2, -0.15) is 0 Å². The molecule has 0 aliphatic carbocycles. The van der Waals surface area contributed by atoms with Crippen molar-refractivity contribution in [2.75, 3.05) is 6.54 Å². The molecule has 0 bridgehead atoms. The van der Waals surface area contributed by atoms with Crippen LogP contribution in [0.15, 0.2) is 18.2 Å².